The highest BCUT2D eigenvalue weighted by molar-refractivity contribution is 5.83. The van der Waals surface area contributed by atoms with E-state index in [0.29, 0.717) is 11.4 Å². The highest BCUT2D eigenvalue weighted by Crippen LogP contribution is 2.28. The van der Waals surface area contributed by atoms with Crippen LogP contribution in [-0.2, 0) is 0 Å². The van der Waals surface area contributed by atoms with Gasteiger partial charge in [0.25, 0.3) is 0 Å². The van der Waals surface area contributed by atoms with E-state index in [4.69, 9.17) is 9.84 Å². The maximum Gasteiger partial charge on any atom is 0.213 e. The van der Waals surface area contributed by atoms with Gasteiger partial charge in [0.15, 0.2) is 0 Å². The number of aryl methyl sites for hydroxylation is 1. The SMILES string of the molecule is Cc1nc(OCCO)ccc1-c1cccc(C=O)c1C. The van der Waals surface area contributed by atoms with Gasteiger partial charge < -0.3 is 9.84 Å². The quantitative estimate of drug-likeness (QED) is 0.849. The van der Waals surface area contributed by atoms with Crippen molar-refractivity contribution < 1.29 is 14.6 Å². The third-order valence-corrected chi connectivity index (χ3v) is 3.19. The van der Waals surface area contributed by atoms with Gasteiger partial charge in [-0.1, -0.05) is 18.2 Å². The van der Waals surface area contributed by atoms with Crippen LogP contribution >= 0.6 is 0 Å². The topological polar surface area (TPSA) is 59.4 Å². The Bertz CT molecular complexity index is 623. The van der Waals surface area contributed by atoms with Gasteiger partial charge in [0, 0.05) is 22.9 Å². The summed E-state index contributed by atoms with van der Waals surface area (Å²) < 4.78 is 5.28. The number of carbonyl (C=O) groups excluding carboxylic acids is 1. The van der Waals surface area contributed by atoms with Gasteiger partial charge >= 0.3 is 0 Å². The number of hydrogen-bond donors (Lipinski definition) is 1. The number of benzene rings is 1. The van der Waals surface area contributed by atoms with Crippen molar-refractivity contribution in [1.29, 1.82) is 0 Å². The number of aromatic nitrogens is 1. The molecule has 4 heteroatoms. The number of aliphatic hydroxyl groups excluding tert-OH is 1. The molecule has 0 aliphatic rings. The first-order chi connectivity index (χ1) is 9.67. The minimum atomic E-state index is -0.0387. The van der Waals surface area contributed by atoms with E-state index in [1.165, 1.54) is 0 Å². The number of ether oxygens (including phenoxy) is 1. The van der Waals surface area contributed by atoms with E-state index < -0.39 is 0 Å². The monoisotopic (exact) mass is 271 g/mol. The molecule has 2 rings (SSSR count). The standard InChI is InChI=1S/C16H17NO3/c1-11-13(10-19)4-3-5-14(11)15-6-7-16(17-12(15)2)20-9-8-18/h3-7,10,18H,8-9H2,1-2H3. The molecule has 0 amide bonds. The van der Waals surface area contributed by atoms with Crippen LogP contribution in [0, 0.1) is 13.8 Å². The molecule has 1 N–H and O–H groups in total. The molecule has 0 spiro atoms. The Morgan fingerprint density at radius 1 is 1.20 bits per heavy atom. The summed E-state index contributed by atoms with van der Waals surface area (Å²) in [5, 5.41) is 8.74. The normalized spacial score (nSPS) is 10.3. The summed E-state index contributed by atoms with van der Waals surface area (Å²) >= 11 is 0. The van der Waals surface area contributed by atoms with Crippen LogP contribution in [0.2, 0.25) is 0 Å². The van der Waals surface area contributed by atoms with E-state index in [9.17, 15) is 4.79 Å². The Labute approximate surface area is 118 Å². The Kier molecular flexibility index (Phi) is 4.48. The lowest BCUT2D eigenvalue weighted by molar-refractivity contribution is 0.112. The van der Waals surface area contributed by atoms with Crippen molar-refractivity contribution in [1.82, 2.24) is 4.98 Å². The van der Waals surface area contributed by atoms with Gasteiger partial charge in [0.1, 0.15) is 12.9 Å². The van der Waals surface area contributed by atoms with Crippen molar-refractivity contribution in [2.75, 3.05) is 13.2 Å². The lowest BCUT2D eigenvalue weighted by atomic mass is 9.96. The molecule has 0 saturated carbocycles. The Morgan fingerprint density at radius 2 is 2.00 bits per heavy atom. The molecule has 0 aliphatic heterocycles. The van der Waals surface area contributed by atoms with Crippen LogP contribution < -0.4 is 4.74 Å². The molecule has 1 aromatic carbocycles. The Balaban J connectivity index is 2.41. The van der Waals surface area contributed by atoms with Crippen molar-refractivity contribution in [2.24, 2.45) is 0 Å². The number of rotatable bonds is 5. The van der Waals surface area contributed by atoms with Crippen molar-refractivity contribution in [3.05, 3.63) is 47.2 Å². The highest BCUT2D eigenvalue weighted by Gasteiger charge is 2.10. The van der Waals surface area contributed by atoms with Gasteiger partial charge in [0.2, 0.25) is 5.88 Å². The molecule has 0 unspecified atom stereocenters. The lowest BCUT2D eigenvalue weighted by Gasteiger charge is -2.12. The highest BCUT2D eigenvalue weighted by atomic mass is 16.5. The number of hydrogen-bond acceptors (Lipinski definition) is 4. The number of carbonyl (C=O) groups is 1. The fourth-order valence-electron chi connectivity index (χ4n) is 2.13. The van der Waals surface area contributed by atoms with Gasteiger partial charge in [-0.05, 0) is 31.0 Å². The zero-order chi connectivity index (χ0) is 14.5. The predicted molar refractivity (Wildman–Crippen MR) is 77.1 cm³/mol. The molecule has 2 aromatic rings. The van der Waals surface area contributed by atoms with E-state index in [1.54, 1.807) is 12.1 Å². The summed E-state index contributed by atoms with van der Waals surface area (Å²) in [5.74, 6) is 0.490. The molecule has 0 aliphatic carbocycles. The second kappa shape index (κ2) is 6.30. The van der Waals surface area contributed by atoms with Gasteiger partial charge in [-0.2, -0.15) is 0 Å². The van der Waals surface area contributed by atoms with Crippen molar-refractivity contribution >= 4 is 6.29 Å². The zero-order valence-electron chi connectivity index (χ0n) is 11.6. The smallest absolute Gasteiger partial charge is 0.213 e. The van der Waals surface area contributed by atoms with E-state index in [-0.39, 0.29) is 13.2 Å². The first kappa shape index (κ1) is 14.2. The Hall–Kier alpha value is -2.20. The molecular weight excluding hydrogens is 254 g/mol. The van der Waals surface area contributed by atoms with E-state index in [1.807, 2.05) is 32.0 Å². The molecular formula is C16H17NO3. The van der Waals surface area contributed by atoms with Crippen LogP contribution in [-0.4, -0.2) is 29.6 Å². The molecule has 20 heavy (non-hydrogen) atoms. The van der Waals surface area contributed by atoms with Gasteiger partial charge in [-0.3, -0.25) is 4.79 Å². The molecule has 0 radical (unpaired) electrons. The molecule has 0 saturated heterocycles. The number of pyridine rings is 1. The maximum atomic E-state index is 11.0. The number of aldehydes is 1. The van der Waals surface area contributed by atoms with Crippen LogP contribution in [0.5, 0.6) is 5.88 Å². The van der Waals surface area contributed by atoms with Crippen molar-refractivity contribution in [2.45, 2.75) is 13.8 Å². The van der Waals surface area contributed by atoms with Crippen LogP contribution in [0.1, 0.15) is 21.6 Å². The largest absolute Gasteiger partial charge is 0.475 e. The zero-order valence-corrected chi connectivity index (χ0v) is 11.6. The van der Waals surface area contributed by atoms with Gasteiger partial charge in [-0.25, -0.2) is 4.98 Å². The molecule has 1 aromatic heterocycles. The van der Waals surface area contributed by atoms with Crippen LogP contribution in [0.3, 0.4) is 0 Å². The summed E-state index contributed by atoms with van der Waals surface area (Å²) in [4.78, 5) is 15.4. The Morgan fingerprint density at radius 3 is 2.65 bits per heavy atom. The van der Waals surface area contributed by atoms with E-state index in [2.05, 4.69) is 4.98 Å². The minimum Gasteiger partial charge on any atom is -0.475 e. The number of nitrogens with zero attached hydrogens (tertiary/aromatic N) is 1. The summed E-state index contributed by atoms with van der Waals surface area (Å²) in [7, 11) is 0. The van der Waals surface area contributed by atoms with Crippen molar-refractivity contribution in [3.63, 3.8) is 0 Å². The predicted octanol–water partition coefficient (Wildman–Crippen LogP) is 2.55. The molecule has 104 valence electrons. The van der Waals surface area contributed by atoms with Crippen LogP contribution in [0.15, 0.2) is 30.3 Å². The molecule has 0 fully saturated rings. The second-order valence-electron chi connectivity index (χ2n) is 4.49. The summed E-state index contributed by atoms with van der Waals surface area (Å²) in [6, 6.07) is 9.33. The number of aliphatic hydroxyl groups is 1. The third-order valence-electron chi connectivity index (χ3n) is 3.19. The van der Waals surface area contributed by atoms with Crippen LogP contribution in [0.25, 0.3) is 11.1 Å². The van der Waals surface area contributed by atoms with Gasteiger partial charge in [-0.15, -0.1) is 0 Å². The molecule has 4 nitrogen and oxygen atoms in total. The summed E-state index contributed by atoms with van der Waals surface area (Å²) in [5.41, 5.74) is 4.42. The summed E-state index contributed by atoms with van der Waals surface area (Å²) in [6.45, 7) is 4.01. The van der Waals surface area contributed by atoms with E-state index in [0.717, 1.165) is 28.7 Å². The fourth-order valence-corrected chi connectivity index (χ4v) is 2.13. The van der Waals surface area contributed by atoms with E-state index >= 15 is 0 Å². The summed E-state index contributed by atoms with van der Waals surface area (Å²) in [6.07, 6.45) is 0.861. The van der Waals surface area contributed by atoms with Gasteiger partial charge in [0.05, 0.1) is 6.61 Å². The fraction of sp³-hybridized carbons (Fsp3) is 0.250. The van der Waals surface area contributed by atoms with Crippen molar-refractivity contribution in [3.8, 4) is 17.0 Å². The molecule has 1 heterocycles. The molecule has 0 bridgehead atoms. The maximum absolute atomic E-state index is 11.0. The second-order valence-corrected chi connectivity index (χ2v) is 4.49. The first-order valence-corrected chi connectivity index (χ1v) is 6.44. The third kappa shape index (κ3) is 2.86. The average Bonchev–Trinajstić information content (AvgIpc) is 2.46. The van der Waals surface area contributed by atoms with Crippen LogP contribution in [0.4, 0.5) is 0 Å². The lowest BCUT2D eigenvalue weighted by Crippen LogP contribution is -2.04. The first-order valence-electron chi connectivity index (χ1n) is 6.44. The minimum absolute atomic E-state index is 0.0387. The average molecular weight is 271 g/mol. The molecule has 0 atom stereocenters.